The summed E-state index contributed by atoms with van der Waals surface area (Å²) >= 11 is -0.782. The van der Waals surface area contributed by atoms with Gasteiger partial charge in [0, 0.05) is 0 Å². The molecule has 0 N–H and O–H groups in total. The van der Waals surface area contributed by atoms with Crippen molar-refractivity contribution in [2.45, 2.75) is 0 Å². The maximum atomic E-state index is 4.64. The second-order valence-corrected chi connectivity index (χ2v) is 3.30. The van der Waals surface area contributed by atoms with Gasteiger partial charge in [-0.05, 0) is 0 Å². The van der Waals surface area contributed by atoms with Crippen molar-refractivity contribution >= 4 is 22.0 Å². The monoisotopic (exact) mass is 182 g/mol. The fourth-order valence-electron chi connectivity index (χ4n) is 0.0833. The quantitative estimate of drug-likeness (QED) is 0.549. The summed E-state index contributed by atoms with van der Waals surface area (Å²) in [5.41, 5.74) is 0. The van der Waals surface area contributed by atoms with Crippen LogP contribution in [-0.4, -0.2) is 36.2 Å². The van der Waals surface area contributed by atoms with E-state index in [9.17, 15) is 0 Å². The Bertz CT molecular complexity index is 15.1. The molecule has 0 aliphatic heterocycles. The number of hydrogen-bond donors (Lipinski definition) is 0. The molecule has 0 heterocycles. The van der Waals surface area contributed by atoms with Gasteiger partial charge in [-0.25, -0.2) is 0 Å². The van der Waals surface area contributed by atoms with E-state index in [4.69, 9.17) is 0 Å². The van der Waals surface area contributed by atoms with E-state index in [0.29, 0.717) is 0 Å². The molecule has 0 aromatic rings. The van der Waals surface area contributed by atoms with Crippen molar-refractivity contribution in [2.24, 2.45) is 0 Å². The molecular weight excluding hydrogens is 175 g/mol. The van der Waals surface area contributed by atoms with E-state index in [-0.39, 0.29) is 0 Å². The standard InChI is InChI=1S/2CH3O.Sn/c2*1-2;/h2*1H3;/q2*-1;+4. The fraction of sp³-hybridized carbons (Fsp3) is 1.00. The van der Waals surface area contributed by atoms with Gasteiger partial charge < -0.3 is 0 Å². The zero-order valence-electron chi connectivity index (χ0n) is 3.32. The molecule has 0 rings (SSSR count). The van der Waals surface area contributed by atoms with Crippen LogP contribution in [0.25, 0.3) is 0 Å². The average molecular weight is 181 g/mol. The van der Waals surface area contributed by atoms with E-state index in [2.05, 4.69) is 6.15 Å². The second kappa shape index (κ2) is 4.72. The van der Waals surface area contributed by atoms with Gasteiger partial charge in [0.25, 0.3) is 0 Å². The van der Waals surface area contributed by atoms with Gasteiger partial charge in [0.15, 0.2) is 0 Å². The van der Waals surface area contributed by atoms with E-state index < -0.39 is 22.0 Å². The van der Waals surface area contributed by atoms with Crippen LogP contribution in [0.3, 0.4) is 0 Å². The van der Waals surface area contributed by atoms with Gasteiger partial charge in [0.2, 0.25) is 0 Å². The Hall–Kier alpha value is 0.719. The molecule has 0 aliphatic carbocycles. The molecule has 0 atom stereocenters. The molecule has 0 saturated carbocycles. The van der Waals surface area contributed by atoms with Crippen LogP contribution in [0.15, 0.2) is 0 Å². The van der Waals surface area contributed by atoms with E-state index in [0.717, 1.165) is 0 Å². The summed E-state index contributed by atoms with van der Waals surface area (Å²) in [6.07, 6.45) is 0. The molecule has 0 aromatic heterocycles. The van der Waals surface area contributed by atoms with Gasteiger partial charge in [-0.15, -0.1) is 0 Å². The van der Waals surface area contributed by atoms with Gasteiger partial charge >= 0.3 is 42.3 Å². The first-order valence-electron chi connectivity index (χ1n) is 1.22. The van der Waals surface area contributed by atoms with Crippen LogP contribution in [0.2, 0.25) is 0 Å². The Morgan fingerprint density at radius 1 is 1.20 bits per heavy atom. The summed E-state index contributed by atoms with van der Waals surface area (Å²) < 4.78 is 9.28. The van der Waals surface area contributed by atoms with Gasteiger partial charge in [-0.3, -0.25) is 0 Å². The molecule has 3 heteroatoms. The molecule has 0 fully saturated rings. The van der Waals surface area contributed by atoms with E-state index in [1.165, 1.54) is 0 Å². The van der Waals surface area contributed by atoms with Crippen molar-refractivity contribution < 1.29 is 6.15 Å². The van der Waals surface area contributed by atoms with Crippen LogP contribution in [0.5, 0.6) is 0 Å². The number of hydrogen-bond acceptors (Lipinski definition) is 2. The van der Waals surface area contributed by atoms with Crippen LogP contribution in [0.4, 0.5) is 0 Å². The summed E-state index contributed by atoms with van der Waals surface area (Å²) in [6.45, 7) is 0. The maximum absolute atomic E-state index is 4.64. The Balaban J connectivity index is 2.19. The normalized spacial score (nSPS) is 6.80. The van der Waals surface area contributed by atoms with Crippen molar-refractivity contribution in [1.82, 2.24) is 0 Å². The van der Waals surface area contributed by atoms with Gasteiger partial charge in [0.05, 0.1) is 0 Å². The molecule has 28 valence electrons. The molecule has 0 bridgehead atoms. The zero-order valence-corrected chi connectivity index (χ0v) is 6.17. The first kappa shape index (κ1) is 5.72. The molecule has 0 saturated heterocycles. The topological polar surface area (TPSA) is 18.5 Å². The SMILES string of the molecule is C[O][Sn+2][O]C. The third kappa shape index (κ3) is 4.72. The van der Waals surface area contributed by atoms with Crippen molar-refractivity contribution in [3.63, 3.8) is 0 Å². The molecule has 0 aromatic carbocycles. The molecule has 0 radical (unpaired) electrons. The predicted octanol–water partition coefficient (Wildman–Crippen LogP) is -0.187. The zero-order chi connectivity index (χ0) is 4.12. The van der Waals surface area contributed by atoms with Crippen LogP contribution in [-0.2, 0) is 6.15 Å². The van der Waals surface area contributed by atoms with Crippen molar-refractivity contribution in [2.75, 3.05) is 14.2 Å². The summed E-state index contributed by atoms with van der Waals surface area (Å²) in [7, 11) is 3.32. The minimum absolute atomic E-state index is 0.782. The van der Waals surface area contributed by atoms with Gasteiger partial charge in [-0.1, -0.05) is 0 Å². The molecule has 5 heavy (non-hydrogen) atoms. The van der Waals surface area contributed by atoms with Crippen LogP contribution in [0.1, 0.15) is 0 Å². The minimum atomic E-state index is -0.782. The molecule has 2 nitrogen and oxygen atoms in total. The summed E-state index contributed by atoms with van der Waals surface area (Å²) in [5, 5.41) is 0. The van der Waals surface area contributed by atoms with Gasteiger partial charge in [0.1, 0.15) is 0 Å². The van der Waals surface area contributed by atoms with Gasteiger partial charge in [-0.2, -0.15) is 0 Å². The van der Waals surface area contributed by atoms with E-state index in [1.807, 2.05) is 0 Å². The second-order valence-electron chi connectivity index (χ2n) is 0.492. The summed E-state index contributed by atoms with van der Waals surface area (Å²) in [5.74, 6) is 0. The van der Waals surface area contributed by atoms with Crippen LogP contribution in [0, 0.1) is 0 Å². The Labute approximate surface area is 42.8 Å². The van der Waals surface area contributed by atoms with Crippen LogP contribution >= 0.6 is 0 Å². The first-order valence-corrected chi connectivity index (χ1v) is 3.56. The molecule has 0 amide bonds. The van der Waals surface area contributed by atoms with E-state index in [1.54, 1.807) is 14.2 Å². The third-order valence-electron chi connectivity index (χ3n) is 0.167. The Morgan fingerprint density at radius 3 is 1.60 bits per heavy atom. The summed E-state index contributed by atoms with van der Waals surface area (Å²) in [6, 6.07) is 0. The molecule has 0 spiro atoms. The van der Waals surface area contributed by atoms with Crippen molar-refractivity contribution in [3.8, 4) is 0 Å². The van der Waals surface area contributed by atoms with E-state index >= 15 is 0 Å². The fourth-order valence-corrected chi connectivity index (χ4v) is 0.559. The van der Waals surface area contributed by atoms with Crippen molar-refractivity contribution in [3.05, 3.63) is 0 Å². The first-order chi connectivity index (χ1) is 2.41. The molecule has 0 aliphatic rings. The average Bonchev–Trinajstić information content (AvgIpc) is 1.41. The Morgan fingerprint density at radius 2 is 1.60 bits per heavy atom. The molecular formula is C2H6O2Sn+2. The summed E-state index contributed by atoms with van der Waals surface area (Å²) in [4.78, 5) is 0. The van der Waals surface area contributed by atoms with Crippen molar-refractivity contribution in [1.29, 1.82) is 0 Å². The number of rotatable bonds is 2. The molecule has 0 unspecified atom stereocenters. The Kier molecular flexibility index (Phi) is 5.40. The predicted molar refractivity (Wildman–Crippen MR) is 19.8 cm³/mol. The third-order valence-corrected chi connectivity index (χ3v) is 1.12. The van der Waals surface area contributed by atoms with Crippen LogP contribution < -0.4 is 0 Å².